The highest BCUT2D eigenvalue weighted by molar-refractivity contribution is 6.34. The molecule has 0 aliphatic carbocycles. The minimum absolute atomic E-state index is 0.111. The molecule has 0 saturated heterocycles. The summed E-state index contributed by atoms with van der Waals surface area (Å²) < 4.78 is 1.36. The molecule has 0 amide bonds. The van der Waals surface area contributed by atoms with Crippen LogP contribution in [-0.4, -0.2) is 20.9 Å². The van der Waals surface area contributed by atoms with Crippen LogP contribution in [0, 0.1) is 0 Å². The smallest absolute Gasteiger partial charge is 0.357 e. The van der Waals surface area contributed by atoms with E-state index in [4.69, 9.17) is 28.3 Å². The Balaban J connectivity index is 3.26. The van der Waals surface area contributed by atoms with E-state index in [2.05, 4.69) is 5.10 Å². The van der Waals surface area contributed by atoms with Crippen molar-refractivity contribution in [2.24, 2.45) is 7.05 Å². The van der Waals surface area contributed by atoms with Crippen LogP contribution in [0.3, 0.4) is 0 Å². The molecule has 0 radical (unpaired) electrons. The maximum atomic E-state index is 10.5. The summed E-state index contributed by atoms with van der Waals surface area (Å²) in [5.41, 5.74) is 0.352. The lowest BCUT2D eigenvalue weighted by Crippen LogP contribution is -1.99. The summed E-state index contributed by atoms with van der Waals surface area (Å²) in [5, 5.41) is 12.4. The van der Waals surface area contributed by atoms with Gasteiger partial charge in [-0.2, -0.15) is 5.10 Å². The number of carbonyl (C=O) groups is 1. The molecule has 4 nitrogen and oxygen atoms in total. The summed E-state index contributed by atoms with van der Waals surface area (Å²) in [7, 11) is 1.59. The van der Waals surface area contributed by atoms with Crippen molar-refractivity contribution in [1.29, 1.82) is 0 Å². The second-order valence-electron chi connectivity index (χ2n) is 2.17. The quantitative estimate of drug-likeness (QED) is 0.751. The Morgan fingerprint density at radius 3 is 2.58 bits per heavy atom. The fraction of sp³-hybridized carbons (Fsp3) is 0.333. The van der Waals surface area contributed by atoms with Crippen molar-refractivity contribution in [2.75, 3.05) is 0 Å². The molecule has 1 rings (SSSR count). The normalized spacial score (nSPS) is 10.2. The molecule has 0 fully saturated rings. The topological polar surface area (TPSA) is 55.1 Å². The summed E-state index contributed by atoms with van der Waals surface area (Å²) in [6, 6.07) is 0. The van der Waals surface area contributed by atoms with Gasteiger partial charge in [-0.3, -0.25) is 4.68 Å². The van der Waals surface area contributed by atoms with Gasteiger partial charge < -0.3 is 5.11 Å². The average Bonchev–Trinajstić information content (AvgIpc) is 2.27. The van der Waals surface area contributed by atoms with E-state index in [-0.39, 0.29) is 16.6 Å². The molecule has 0 spiro atoms. The number of aromatic nitrogens is 2. The Morgan fingerprint density at radius 1 is 1.75 bits per heavy atom. The van der Waals surface area contributed by atoms with Crippen molar-refractivity contribution < 1.29 is 9.90 Å². The molecule has 1 heterocycles. The Labute approximate surface area is 78.7 Å². The number of nitrogens with zero attached hydrogens (tertiary/aromatic N) is 2. The van der Waals surface area contributed by atoms with Crippen LogP contribution in [0.2, 0.25) is 5.02 Å². The predicted molar refractivity (Wildman–Crippen MR) is 44.7 cm³/mol. The SMILES string of the molecule is Cn1nc(C(=O)O)c(Cl)c1CCl. The Kier molecular flexibility index (Phi) is 2.59. The van der Waals surface area contributed by atoms with Gasteiger partial charge in [0.25, 0.3) is 0 Å². The van der Waals surface area contributed by atoms with Crippen LogP contribution in [0.25, 0.3) is 0 Å². The van der Waals surface area contributed by atoms with Crippen LogP contribution < -0.4 is 0 Å². The summed E-state index contributed by atoms with van der Waals surface area (Å²) >= 11 is 11.2. The number of hydrogen-bond donors (Lipinski definition) is 1. The fourth-order valence-electron chi connectivity index (χ4n) is 0.815. The van der Waals surface area contributed by atoms with Gasteiger partial charge >= 0.3 is 5.97 Å². The van der Waals surface area contributed by atoms with E-state index in [1.165, 1.54) is 4.68 Å². The zero-order valence-corrected chi connectivity index (χ0v) is 7.72. The Morgan fingerprint density at radius 2 is 2.33 bits per heavy atom. The lowest BCUT2D eigenvalue weighted by atomic mass is 10.4. The van der Waals surface area contributed by atoms with Gasteiger partial charge in [0, 0.05) is 7.05 Å². The number of aryl methyl sites for hydroxylation is 1. The first-order valence-electron chi connectivity index (χ1n) is 3.08. The minimum Gasteiger partial charge on any atom is -0.476 e. The highest BCUT2D eigenvalue weighted by Crippen LogP contribution is 2.21. The van der Waals surface area contributed by atoms with Crippen LogP contribution in [0.1, 0.15) is 16.2 Å². The number of carboxylic acids is 1. The molecule has 1 N–H and O–H groups in total. The largest absolute Gasteiger partial charge is 0.476 e. The van der Waals surface area contributed by atoms with E-state index in [1.54, 1.807) is 7.05 Å². The highest BCUT2D eigenvalue weighted by atomic mass is 35.5. The average molecular weight is 209 g/mol. The van der Waals surface area contributed by atoms with Gasteiger partial charge in [0.15, 0.2) is 5.69 Å². The van der Waals surface area contributed by atoms with Crippen molar-refractivity contribution in [3.8, 4) is 0 Å². The third-order valence-electron chi connectivity index (χ3n) is 1.43. The van der Waals surface area contributed by atoms with Crippen LogP contribution >= 0.6 is 23.2 Å². The van der Waals surface area contributed by atoms with Crippen LogP contribution in [-0.2, 0) is 12.9 Å². The first-order chi connectivity index (χ1) is 5.57. The zero-order valence-electron chi connectivity index (χ0n) is 6.21. The van der Waals surface area contributed by atoms with Gasteiger partial charge in [0.1, 0.15) is 0 Å². The minimum atomic E-state index is -1.15. The molecule has 0 unspecified atom stereocenters. The number of carboxylic acid groups (broad SMARTS) is 1. The van der Waals surface area contributed by atoms with E-state index in [9.17, 15) is 4.79 Å². The number of rotatable bonds is 2. The van der Waals surface area contributed by atoms with Crippen molar-refractivity contribution in [3.63, 3.8) is 0 Å². The second-order valence-corrected chi connectivity index (χ2v) is 2.82. The van der Waals surface area contributed by atoms with Gasteiger partial charge in [-0.15, -0.1) is 11.6 Å². The molecular weight excluding hydrogens is 203 g/mol. The lowest BCUT2D eigenvalue weighted by Gasteiger charge is -1.93. The first kappa shape index (κ1) is 9.35. The van der Waals surface area contributed by atoms with Crippen molar-refractivity contribution in [3.05, 3.63) is 16.4 Å². The number of alkyl halides is 1. The van der Waals surface area contributed by atoms with Crippen LogP contribution in [0.4, 0.5) is 0 Å². The van der Waals surface area contributed by atoms with Crippen LogP contribution in [0.5, 0.6) is 0 Å². The molecule has 1 aromatic rings. The summed E-state index contributed by atoms with van der Waals surface area (Å²) in [6.07, 6.45) is 0. The van der Waals surface area contributed by atoms with Crippen LogP contribution in [0.15, 0.2) is 0 Å². The van der Waals surface area contributed by atoms with E-state index < -0.39 is 5.97 Å². The maximum Gasteiger partial charge on any atom is 0.357 e. The zero-order chi connectivity index (χ0) is 9.30. The van der Waals surface area contributed by atoms with Gasteiger partial charge in [-0.05, 0) is 0 Å². The van der Waals surface area contributed by atoms with Gasteiger partial charge in [0.2, 0.25) is 0 Å². The van der Waals surface area contributed by atoms with Crippen molar-refractivity contribution in [1.82, 2.24) is 9.78 Å². The third kappa shape index (κ3) is 1.40. The van der Waals surface area contributed by atoms with E-state index in [0.717, 1.165) is 0 Å². The standard InChI is InChI=1S/C6H6Cl2N2O2/c1-10-3(2-7)4(8)5(9-10)6(11)12/h2H2,1H3,(H,11,12). The molecule has 0 atom stereocenters. The fourth-order valence-corrected chi connectivity index (χ4v) is 1.50. The molecule has 1 aromatic heterocycles. The number of aromatic carboxylic acids is 1. The monoisotopic (exact) mass is 208 g/mol. The second kappa shape index (κ2) is 3.33. The molecule has 0 saturated carbocycles. The molecule has 0 aliphatic heterocycles. The summed E-state index contributed by atoms with van der Waals surface area (Å²) in [5.74, 6) is -0.998. The van der Waals surface area contributed by atoms with E-state index in [1.807, 2.05) is 0 Å². The van der Waals surface area contributed by atoms with E-state index in [0.29, 0.717) is 5.69 Å². The number of halogens is 2. The molecule has 0 aliphatic rings. The molecule has 12 heavy (non-hydrogen) atoms. The Hall–Kier alpha value is -0.740. The molecular formula is C6H6Cl2N2O2. The summed E-state index contributed by atoms with van der Waals surface area (Å²) in [6.45, 7) is 0. The van der Waals surface area contributed by atoms with Crippen molar-refractivity contribution >= 4 is 29.2 Å². The molecule has 0 bridgehead atoms. The van der Waals surface area contributed by atoms with E-state index >= 15 is 0 Å². The van der Waals surface area contributed by atoms with Crippen molar-refractivity contribution in [2.45, 2.75) is 5.88 Å². The molecule has 6 heteroatoms. The number of hydrogen-bond acceptors (Lipinski definition) is 2. The molecule has 0 aromatic carbocycles. The first-order valence-corrected chi connectivity index (χ1v) is 3.99. The van der Waals surface area contributed by atoms with Gasteiger partial charge in [-0.1, -0.05) is 11.6 Å². The van der Waals surface area contributed by atoms with Gasteiger partial charge in [0.05, 0.1) is 16.6 Å². The van der Waals surface area contributed by atoms with Gasteiger partial charge in [-0.25, -0.2) is 4.79 Å². The third-order valence-corrected chi connectivity index (χ3v) is 2.08. The molecule has 66 valence electrons. The summed E-state index contributed by atoms with van der Waals surface area (Å²) in [4.78, 5) is 10.5. The highest BCUT2D eigenvalue weighted by Gasteiger charge is 2.18. The predicted octanol–water partition coefficient (Wildman–Crippen LogP) is 1.51. The maximum absolute atomic E-state index is 10.5. The Bertz CT molecular complexity index is 322. The lowest BCUT2D eigenvalue weighted by molar-refractivity contribution is 0.0690.